The summed E-state index contributed by atoms with van der Waals surface area (Å²) in [6, 6.07) is 9.31. The van der Waals surface area contributed by atoms with Gasteiger partial charge in [-0.25, -0.2) is 0 Å². The van der Waals surface area contributed by atoms with Crippen LogP contribution >= 0.6 is 29.9 Å². The molecule has 66 heavy (non-hydrogen) atoms. The van der Waals surface area contributed by atoms with Crippen molar-refractivity contribution >= 4 is 35.8 Å². The number of aryl methyl sites for hydroxylation is 1. The highest BCUT2D eigenvalue weighted by molar-refractivity contribution is 8.76. The Balaban J connectivity index is 1.10. The molecule has 0 aromatic heterocycles. The molecule has 0 bridgehead atoms. The van der Waals surface area contributed by atoms with E-state index < -0.39 is 45.5 Å². The molecule has 7 atom stereocenters. The lowest BCUT2D eigenvalue weighted by Gasteiger charge is -2.50. The summed E-state index contributed by atoms with van der Waals surface area (Å²) in [6.45, 7) is 10.9. The molecule has 1 amide bonds. The number of rotatable bonds is 23. The summed E-state index contributed by atoms with van der Waals surface area (Å²) in [4.78, 5) is 15.5. The normalized spacial score (nSPS) is 25.4. The molecular weight excluding hydrogens is 943 g/mol. The van der Waals surface area contributed by atoms with Crippen molar-refractivity contribution in [3.8, 4) is 11.8 Å². The number of alkyl halides is 9. The molecule has 2 saturated carbocycles. The van der Waals surface area contributed by atoms with Gasteiger partial charge in [-0.2, -0.15) is 44.8 Å². The van der Waals surface area contributed by atoms with Gasteiger partial charge in [-0.3, -0.25) is 14.4 Å². The zero-order valence-corrected chi connectivity index (χ0v) is 41.0. The summed E-state index contributed by atoms with van der Waals surface area (Å²) in [5, 5.41) is 12.1. The minimum absolute atomic E-state index is 0.0633. The van der Waals surface area contributed by atoms with E-state index in [0.717, 1.165) is 68.4 Å². The first-order chi connectivity index (χ1) is 31.1. The molecule has 1 aromatic rings. The summed E-state index contributed by atoms with van der Waals surface area (Å²) in [7, 11) is 2.76. The van der Waals surface area contributed by atoms with Crippen molar-refractivity contribution in [1.82, 2.24) is 14.9 Å². The first-order valence-corrected chi connectivity index (χ1v) is 27.0. The maximum absolute atomic E-state index is 13.3. The summed E-state index contributed by atoms with van der Waals surface area (Å²) in [6.07, 6.45) is -13.3. The molecule has 1 saturated heterocycles. The molecule has 0 spiro atoms. The van der Waals surface area contributed by atoms with Crippen LogP contribution < -0.4 is 10.1 Å². The molecular formula is C45H66F9N4O5PS2. The number of nitrogens with zero attached hydrogens (tertiary/aromatic N) is 3. The van der Waals surface area contributed by atoms with Gasteiger partial charge in [0.05, 0.1) is 31.9 Å². The van der Waals surface area contributed by atoms with Gasteiger partial charge in [-0.1, -0.05) is 34.6 Å². The number of benzene rings is 1. The Kier molecular flexibility index (Phi) is 20.0. The van der Waals surface area contributed by atoms with Crippen LogP contribution in [0.4, 0.5) is 39.5 Å². The fourth-order valence-electron chi connectivity index (χ4n) is 10.8. The molecule has 1 unspecified atom stereocenters. The molecule has 3 aliphatic carbocycles. The summed E-state index contributed by atoms with van der Waals surface area (Å²) >= 11 is 0. The lowest BCUT2D eigenvalue weighted by Crippen LogP contribution is -2.67. The average molecular weight is 1010 g/mol. The van der Waals surface area contributed by atoms with Crippen LogP contribution in [0.25, 0.3) is 0 Å². The largest absolute Gasteiger partial charge is 0.492 e. The maximum atomic E-state index is 13.3. The van der Waals surface area contributed by atoms with E-state index in [1.807, 2.05) is 27.7 Å². The fraction of sp³-hybridized carbons (Fsp3) is 0.822. The van der Waals surface area contributed by atoms with Crippen molar-refractivity contribution in [1.29, 1.82) is 5.26 Å². The van der Waals surface area contributed by atoms with Gasteiger partial charge in [0.2, 0.25) is 5.91 Å². The van der Waals surface area contributed by atoms with Crippen LogP contribution in [0.5, 0.6) is 5.75 Å². The second-order valence-electron chi connectivity index (χ2n) is 18.6. The number of unbranched alkanes of at least 4 members (excludes halogenated alkanes) is 1. The first-order valence-electron chi connectivity index (χ1n) is 23.1. The van der Waals surface area contributed by atoms with E-state index in [1.54, 1.807) is 0 Å². The van der Waals surface area contributed by atoms with Gasteiger partial charge in [0.15, 0.2) is 0 Å². The van der Waals surface area contributed by atoms with Crippen molar-refractivity contribution < 1.29 is 63.0 Å². The zero-order valence-electron chi connectivity index (χ0n) is 38.5. The van der Waals surface area contributed by atoms with Crippen LogP contribution in [0.1, 0.15) is 109 Å². The molecule has 1 heterocycles. The highest BCUT2D eigenvalue weighted by Gasteiger charge is 2.85. The molecule has 0 radical (unpaired) electrons. The molecule has 21 heteroatoms. The molecule has 1 aromatic carbocycles. The number of nitrogens with one attached hydrogen (secondary N) is 1. The number of carbonyl (C=O) groups is 1. The van der Waals surface area contributed by atoms with Crippen molar-refractivity contribution in [2.24, 2.45) is 17.3 Å². The highest BCUT2D eigenvalue weighted by atomic mass is 33.1. The second-order valence-corrected chi connectivity index (χ2v) is 23.1. The summed E-state index contributed by atoms with van der Waals surface area (Å²) < 4.78 is 144. The highest BCUT2D eigenvalue weighted by Crippen LogP contribution is 2.62. The second kappa shape index (κ2) is 23.9. The number of nitriles is 1. The van der Waals surface area contributed by atoms with Crippen LogP contribution in [0.3, 0.4) is 0 Å². The Hall–Kier alpha value is -1.72. The van der Waals surface area contributed by atoms with Crippen LogP contribution in [0.2, 0.25) is 0 Å². The van der Waals surface area contributed by atoms with Crippen LogP contribution in [0.15, 0.2) is 18.2 Å². The summed E-state index contributed by atoms with van der Waals surface area (Å²) in [5.41, 5.74) is -4.07. The van der Waals surface area contributed by atoms with E-state index in [2.05, 4.69) is 72.4 Å². The van der Waals surface area contributed by atoms with E-state index in [1.165, 1.54) is 11.1 Å². The number of hydrogen-bond donors (Lipinski definition) is 1. The van der Waals surface area contributed by atoms with E-state index >= 15 is 0 Å². The molecule has 1 aliphatic heterocycles. The summed E-state index contributed by atoms with van der Waals surface area (Å²) in [5.74, 6) is 3.53. The molecule has 5 rings (SSSR count). The third-order valence-electron chi connectivity index (χ3n) is 13.7. The van der Waals surface area contributed by atoms with Crippen molar-refractivity contribution in [3.63, 3.8) is 0 Å². The van der Waals surface area contributed by atoms with Gasteiger partial charge < -0.3 is 24.1 Å². The Labute approximate surface area is 392 Å². The van der Waals surface area contributed by atoms with Crippen molar-refractivity contribution in [3.05, 3.63) is 29.3 Å². The number of fused-ring (bicyclic) bond motifs is 5. The lowest BCUT2D eigenvalue weighted by molar-refractivity contribution is -0.457. The number of ether oxygens (including phenoxy) is 3. The van der Waals surface area contributed by atoms with E-state index in [9.17, 15) is 44.3 Å². The number of carbonyl (C=O) groups excluding carboxylic acids is 1. The fourth-order valence-corrected chi connectivity index (χ4v) is 15.5. The van der Waals surface area contributed by atoms with Crippen LogP contribution in [0, 0.1) is 28.6 Å². The molecule has 4 aliphatic rings. The molecule has 9 nitrogen and oxygen atoms in total. The van der Waals surface area contributed by atoms with Crippen LogP contribution in [-0.4, -0.2) is 128 Å². The Bertz CT molecular complexity index is 1710. The number of hydrogen-bond acceptors (Lipinski definition) is 10. The Morgan fingerprint density at radius 1 is 0.924 bits per heavy atom. The predicted molar refractivity (Wildman–Crippen MR) is 240 cm³/mol. The molecule has 376 valence electrons. The van der Waals surface area contributed by atoms with Crippen molar-refractivity contribution in [2.45, 2.75) is 153 Å². The average Bonchev–Trinajstić information content (AvgIpc) is 3.57. The zero-order chi connectivity index (χ0) is 48.5. The lowest BCUT2D eigenvalue weighted by atomic mass is 9.55. The third-order valence-corrected chi connectivity index (χ3v) is 18.9. The Morgan fingerprint density at radius 3 is 2.27 bits per heavy atom. The quantitative estimate of drug-likeness (QED) is 0.0494. The number of amides is 1. The smallest absolute Gasteiger partial charge is 0.435 e. The minimum Gasteiger partial charge on any atom is -0.492 e. The number of halogens is 9. The predicted octanol–water partition coefficient (Wildman–Crippen LogP) is 11.5. The maximum Gasteiger partial charge on any atom is 0.435 e. The van der Waals surface area contributed by atoms with Crippen LogP contribution in [-0.2, 0) is 25.2 Å². The van der Waals surface area contributed by atoms with E-state index in [-0.39, 0.29) is 42.5 Å². The van der Waals surface area contributed by atoms with Crippen molar-refractivity contribution in [2.75, 3.05) is 63.7 Å². The van der Waals surface area contributed by atoms with Gasteiger partial charge in [-0.15, -0.1) is 0 Å². The molecule has 3 fully saturated rings. The van der Waals surface area contributed by atoms with E-state index in [0.29, 0.717) is 63.1 Å². The van der Waals surface area contributed by atoms with Gasteiger partial charge in [0, 0.05) is 61.9 Å². The Morgan fingerprint density at radius 2 is 1.64 bits per heavy atom. The van der Waals surface area contributed by atoms with Gasteiger partial charge in [0.1, 0.15) is 20.7 Å². The SMILES string of the molecule is CC(C)N(C(C)C)P(CCCC#N)OCCNC(=O)CN(CCOc1ccc2c(c1)CC[C@@H]1[C@@H]2CC[C@]2(C)[C@@H](OCCCOC(C(F)(F)F)(C(F)(F)F)C(F)(F)F)CC[C@@H]12)[C@H]1CCSSC1. The molecule has 1 N–H and O–H groups in total. The monoisotopic (exact) mass is 1010 g/mol. The van der Waals surface area contributed by atoms with Gasteiger partial charge >= 0.3 is 24.1 Å². The minimum atomic E-state index is -6.76. The van der Waals surface area contributed by atoms with E-state index in [4.69, 9.17) is 19.3 Å². The van der Waals surface area contributed by atoms with Gasteiger partial charge in [0.25, 0.3) is 0 Å². The third kappa shape index (κ3) is 13.2. The topological polar surface area (TPSA) is 96.3 Å². The first kappa shape index (κ1) is 55.2. The van der Waals surface area contributed by atoms with Gasteiger partial charge in [-0.05, 0) is 132 Å². The standard InChI is InChI=1S/C45H66F9N4O5PS2/c1-30(2)58(31(3)4)64(25-7-6-18-55)63-23-19-56-40(59)28-57(33-16-26-65-66-29-33)20-24-60-34-10-12-35-32(27-34)9-11-37-36(35)15-17-41(5)38(37)13-14-39(41)61-21-8-22-62-42(43(46,47)48,44(49,50)51)45(52,53)54/h10,12,27,30-31,33,36-39H,6-9,11,13-17,19-26,28-29H2,1-5H3,(H,56,59)/t33-,36+,37+,38-,39-,41-,64?/m0/s1.